The van der Waals surface area contributed by atoms with Crippen LogP contribution in [0.2, 0.25) is 0 Å². The Kier molecular flexibility index (Phi) is 2.47. The van der Waals surface area contributed by atoms with Gasteiger partial charge in [-0.15, -0.1) is 0 Å². The summed E-state index contributed by atoms with van der Waals surface area (Å²) in [7, 11) is 0. The van der Waals surface area contributed by atoms with E-state index in [2.05, 4.69) is 10.6 Å². The summed E-state index contributed by atoms with van der Waals surface area (Å²) in [5, 5.41) is 15.3. The fraction of sp³-hybridized carbons (Fsp3) is 0.250. The molecule has 0 saturated carbocycles. The molecule has 3 rings (SSSR count). The Hall–Kier alpha value is -2.37. The lowest BCUT2D eigenvalue weighted by atomic mass is 10.1. The highest BCUT2D eigenvalue weighted by molar-refractivity contribution is 5.95. The van der Waals surface area contributed by atoms with Gasteiger partial charge in [0.2, 0.25) is 5.76 Å². The monoisotopic (exact) mass is 248 g/mol. The van der Waals surface area contributed by atoms with Crippen molar-refractivity contribution < 1.29 is 18.7 Å². The molecule has 6 nitrogen and oxygen atoms in total. The number of hydrogen-bond donors (Lipinski definition) is 3. The van der Waals surface area contributed by atoms with E-state index in [0.717, 1.165) is 5.76 Å². The van der Waals surface area contributed by atoms with Gasteiger partial charge in [0.25, 0.3) is 0 Å². The van der Waals surface area contributed by atoms with E-state index < -0.39 is 5.97 Å². The number of hydrogen-bond acceptors (Lipinski definition) is 5. The summed E-state index contributed by atoms with van der Waals surface area (Å²) in [6, 6.07) is 3.79. The SMILES string of the molecule is O=C(O)c1occ2c1NC(Cc1ccco1)CN2. The molecular formula is C12H12N2O4. The molecule has 0 radical (unpaired) electrons. The average Bonchev–Trinajstić information content (AvgIpc) is 2.97. The number of furan rings is 2. The average molecular weight is 248 g/mol. The molecule has 3 heterocycles. The number of carbonyl (C=O) groups is 1. The van der Waals surface area contributed by atoms with Crippen molar-refractivity contribution in [3.63, 3.8) is 0 Å². The van der Waals surface area contributed by atoms with Gasteiger partial charge in [0.15, 0.2) is 0 Å². The lowest BCUT2D eigenvalue weighted by Gasteiger charge is -2.25. The molecule has 0 bridgehead atoms. The first-order valence-corrected chi connectivity index (χ1v) is 5.61. The fourth-order valence-electron chi connectivity index (χ4n) is 2.07. The first-order valence-electron chi connectivity index (χ1n) is 5.61. The van der Waals surface area contributed by atoms with E-state index in [4.69, 9.17) is 13.9 Å². The van der Waals surface area contributed by atoms with E-state index in [1.807, 2.05) is 12.1 Å². The van der Waals surface area contributed by atoms with Crippen LogP contribution in [-0.2, 0) is 6.42 Å². The molecule has 0 saturated heterocycles. The predicted molar refractivity (Wildman–Crippen MR) is 64.0 cm³/mol. The summed E-state index contributed by atoms with van der Waals surface area (Å²) in [5.74, 6) is -0.288. The topological polar surface area (TPSA) is 87.6 Å². The van der Waals surface area contributed by atoms with Crippen LogP contribution in [0.1, 0.15) is 16.3 Å². The van der Waals surface area contributed by atoms with Crippen molar-refractivity contribution in [3.8, 4) is 0 Å². The molecule has 6 heteroatoms. The third kappa shape index (κ3) is 1.81. The van der Waals surface area contributed by atoms with E-state index in [9.17, 15) is 4.79 Å². The Morgan fingerprint density at radius 3 is 3.11 bits per heavy atom. The zero-order valence-corrected chi connectivity index (χ0v) is 9.47. The van der Waals surface area contributed by atoms with Gasteiger partial charge in [-0.05, 0) is 12.1 Å². The highest BCUT2D eigenvalue weighted by Gasteiger charge is 2.26. The van der Waals surface area contributed by atoms with E-state index in [-0.39, 0.29) is 11.8 Å². The van der Waals surface area contributed by atoms with Crippen LogP contribution < -0.4 is 10.6 Å². The number of rotatable bonds is 3. The van der Waals surface area contributed by atoms with Crippen molar-refractivity contribution in [1.29, 1.82) is 0 Å². The quantitative estimate of drug-likeness (QED) is 0.770. The lowest BCUT2D eigenvalue weighted by molar-refractivity contribution is 0.0664. The maximum atomic E-state index is 11.0. The Labute approximate surface area is 103 Å². The first-order chi connectivity index (χ1) is 8.74. The van der Waals surface area contributed by atoms with Crippen molar-refractivity contribution >= 4 is 17.3 Å². The van der Waals surface area contributed by atoms with E-state index in [1.165, 1.54) is 6.26 Å². The largest absolute Gasteiger partial charge is 0.475 e. The lowest BCUT2D eigenvalue weighted by Crippen LogP contribution is -2.34. The molecule has 1 atom stereocenters. The smallest absolute Gasteiger partial charge is 0.374 e. The Morgan fingerprint density at radius 1 is 1.50 bits per heavy atom. The third-order valence-corrected chi connectivity index (χ3v) is 2.90. The zero-order chi connectivity index (χ0) is 12.5. The molecule has 0 amide bonds. The van der Waals surface area contributed by atoms with Gasteiger partial charge in [0.1, 0.15) is 17.7 Å². The number of carboxylic acids is 1. The number of carboxylic acid groups (broad SMARTS) is 1. The van der Waals surface area contributed by atoms with Crippen molar-refractivity contribution in [2.75, 3.05) is 17.2 Å². The van der Waals surface area contributed by atoms with Gasteiger partial charge in [0, 0.05) is 13.0 Å². The Morgan fingerprint density at radius 2 is 2.39 bits per heavy atom. The number of anilines is 2. The first kappa shape index (κ1) is 10.8. The molecule has 1 unspecified atom stereocenters. The van der Waals surface area contributed by atoms with Crippen LogP contribution in [0.5, 0.6) is 0 Å². The van der Waals surface area contributed by atoms with E-state index >= 15 is 0 Å². The molecule has 0 aliphatic carbocycles. The van der Waals surface area contributed by atoms with Crippen LogP contribution in [0, 0.1) is 0 Å². The van der Waals surface area contributed by atoms with Crippen molar-refractivity contribution in [2.45, 2.75) is 12.5 Å². The fourth-order valence-corrected chi connectivity index (χ4v) is 2.07. The molecule has 18 heavy (non-hydrogen) atoms. The van der Waals surface area contributed by atoms with E-state index in [0.29, 0.717) is 24.3 Å². The highest BCUT2D eigenvalue weighted by atomic mass is 16.4. The highest BCUT2D eigenvalue weighted by Crippen LogP contribution is 2.32. The maximum absolute atomic E-state index is 11.0. The maximum Gasteiger partial charge on any atom is 0.374 e. The summed E-state index contributed by atoms with van der Waals surface area (Å²) in [6.45, 7) is 0.687. The van der Waals surface area contributed by atoms with Crippen molar-refractivity contribution in [1.82, 2.24) is 0 Å². The van der Waals surface area contributed by atoms with Crippen molar-refractivity contribution in [3.05, 3.63) is 36.2 Å². The molecule has 2 aromatic heterocycles. The number of nitrogens with one attached hydrogen (secondary N) is 2. The second kappa shape index (κ2) is 4.14. The Bertz CT molecular complexity index is 559. The molecule has 3 N–H and O–H groups in total. The summed E-state index contributed by atoms with van der Waals surface area (Å²) < 4.78 is 10.3. The van der Waals surface area contributed by atoms with Gasteiger partial charge in [-0.1, -0.05) is 0 Å². The summed E-state index contributed by atoms with van der Waals surface area (Å²) in [5.41, 5.74) is 1.19. The predicted octanol–water partition coefficient (Wildman–Crippen LogP) is 2.02. The van der Waals surface area contributed by atoms with E-state index in [1.54, 1.807) is 6.26 Å². The van der Waals surface area contributed by atoms with Crippen LogP contribution in [0.4, 0.5) is 11.4 Å². The minimum atomic E-state index is -1.08. The molecule has 1 aliphatic rings. The molecule has 1 aliphatic heterocycles. The number of aromatic carboxylic acids is 1. The number of fused-ring (bicyclic) bond motifs is 1. The van der Waals surface area contributed by atoms with Gasteiger partial charge in [-0.25, -0.2) is 4.79 Å². The van der Waals surface area contributed by atoms with Crippen molar-refractivity contribution in [2.24, 2.45) is 0 Å². The van der Waals surface area contributed by atoms with Crippen LogP contribution >= 0.6 is 0 Å². The second-order valence-electron chi connectivity index (χ2n) is 4.16. The summed E-state index contributed by atoms with van der Waals surface area (Å²) in [6.07, 6.45) is 3.72. The molecule has 0 fully saturated rings. The Balaban J connectivity index is 1.79. The van der Waals surface area contributed by atoms with Gasteiger partial charge < -0.3 is 24.6 Å². The molecule has 2 aromatic rings. The van der Waals surface area contributed by atoms with Gasteiger partial charge >= 0.3 is 5.97 Å². The van der Waals surface area contributed by atoms with Gasteiger partial charge in [0.05, 0.1) is 18.0 Å². The van der Waals surface area contributed by atoms with Crippen LogP contribution in [-0.4, -0.2) is 23.7 Å². The minimum absolute atomic E-state index is 0.0679. The molecule has 94 valence electrons. The van der Waals surface area contributed by atoms with Crippen LogP contribution in [0.15, 0.2) is 33.5 Å². The molecule has 0 spiro atoms. The molecular weight excluding hydrogens is 236 g/mol. The van der Waals surface area contributed by atoms with Crippen LogP contribution in [0.3, 0.4) is 0 Å². The van der Waals surface area contributed by atoms with Crippen LogP contribution in [0.25, 0.3) is 0 Å². The van der Waals surface area contributed by atoms with Gasteiger partial charge in [-0.2, -0.15) is 0 Å². The zero-order valence-electron chi connectivity index (χ0n) is 9.47. The standard InChI is InChI=1S/C12H12N2O4/c15-12(16)11-10-9(6-18-11)13-5-7(14-10)4-8-2-1-3-17-8/h1-3,6-7,13-14H,4-5H2,(H,15,16). The summed E-state index contributed by atoms with van der Waals surface area (Å²) >= 11 is 0. The normalized spacial score (nSPS) is 17.7. The third-order valence-electron chi connectivity index (χ3n) is 2.90. The molecule has 0 aromatic carbocycles. The summed E-state index contributed by atoms with van der Waals surface area (Å²) in [4.78, 5) is 11.0. The van der Waals surface area contributed by atoms with Gasteiger partial charge in [-0.3, -0.25) is 0 Å². The second-order valence-corrected chi connectivity index (χ2v) is 4.16. The minimum Gasteiger partial charge on any atom is -0.475 e.